The molecule has 0 N–H and O–H groups in total. The van der Waals surface area contributed by atoms with E-state index in [1.54, 1.807) is 6.08 Å². The molecule has 0 aromatic heterocycles. The maximum Gasteiger partial charge on any atom is 0.320 e. The third-order valence-electron chi connectivity index (χ3n) is 2.71. The molecule has 1 unspecified atom stereocenters. The molecule has 1 saturated heterocycles. The second-order valence-electron chi connectivity index (χ2n) is 3.78. The van der Waals surface area contributed by atoms with Gasteiger partial charge in [-0.1, -0.05) is 19.4 Å². The lowest BCUT2D eigenvalue weighted by Crippen LogP contribution is -2.39. The van der Waals surface area contributed by atoms with Gasteiger partial charge in [-0.25, -0.2) is 0 Å². The number of ether oxygens (including phenoxy) is 1. The zero-order chi connectivity index (χ0) is 10.6. The topological polar surface area (TPSA) is 43.4 Å². The van der Waals surface area contributed by atoms with Crippen molar-refractivity contribution in [1.29, 1.82) is 0 Å². The second kappa shape index (κ2) is 4.40. The first kappa shape index (κ1) is 11.0. The Bertz CT molecular complexity index is 257. The molecule has 3 heteroatoms. The molecule has 1 rings (SSSR count). The molecule has 0 aromatic carbocycles. The summed E-state index contributed by atoms with van der Waals surface area (Å²) in [7, 11) is 0. The Kier molecular flexibility index (Phi) is 3.44. The average molecular weight is 196 g/mol. The van der Waals surface area contributed by atoms with Gasteiger partial charge in [-0.2, -0.15) is 0 Å². The van der Waals surface area contributed by atoms with Crippen molar-refractivity contribution in [3.8, 4) is 0 Å². The molecule has 0 spiro atoms. The lowest BCUT2D eigenvalue weighted by molar-refractivity contribution is -0.174. The van der Waals surface area contributed by atoms with Crippen LogP contribution in [0, 0.1) is 5.41 Å². The summed E-state index contributed by atoms with van der Waals surface area (Å²) in [6, 6.07) is 0. The van der Waals surface area contributed by atoms with Crippen molar-refractivity contribution in [2.24, 2.45) is 5.41 Å². The molecule has 0 amide bonds. The summed E-state index contributed by atoms with van der Waals surface area (Å²) in [6.45, 7) is 5.67. The van der Waals surface area contributed by atoms with Gasteiger partial charge >= 0.3 is 11.9 Å². The van der Waals surface area contributed by atoms with E-state index < -0.39 is 11.4 Å². The molecule has 78 valence electrons. The van der Waals surface area contributed by atoms with E-state index >= 15 is 0 Å². The monoisotopic (exact) mass is 196 g/mol. The number of carbonyl (C=O) groups is 2. The van der Waals surface area contributed by atoms with Crippen LogP contribution in [0.5, 0.6) is 0 Å². The fraction of sp³-hybridized carbons (Fsp3) is 0.636. The Balaban J connectivity index is 2.80. The van der Waals surface area contributed by atoms with Crippen LogP contribution >= 0.6 is 0 Å². The molecule has 0 aromatic rings. The summed E-state index contributed by atoms with van der Waals surface area (Å²) in [6.07, 6.45) is 4.96. The van der Waals surface area contributed by atoms with Crippen LogP contribution in [-0.2, 0) is 14.3 Å². The van der Waals surface area contributed by atoms with Crippen molar-refractivity contribution < 1.29 is 14.3 Å². The molecule has 0 aliphatic carbocycles. The fourth-order valence-corrected chi connectivity index (χ4v) is 1.98. The smallest absolute Gasteiger partial charge is 0.320 e. The van der Waals surface area contributed by atoms with Gasteiger partial charge in [0.25, 0.3) is 0 Å². The van der Waals surface area contributed by atoms with Gasteiger partial charge in [0.15, 0.2) is 0 Å². The molecular weight excluding hydrogens is 180 g/mol. The van der Waals surface area contributed by atoms with Gasteiger partial charge in [-0.15, -0.1) is 6.58 Å². The number of hydrogen-bond donors (Lipinski definition) is 0. The Hall–Kier alpha value is -1.12. The zero-order valence-electron chi connectivity index (χ0n) is 8.54. The molecule has 0 radical (unpaired) electrons. The maximum atomic E-state index is 11.6. The van der Waals surface area contributed by atoms with E-state index in [1.165, 1.54) is 0 Å². The second-order valence-corrected chi connectivity index (χ2v) is 3.78. The van der Waals surface area contributed by atoms with E-state index in [2.05, 4.69) is 11.3 Å². The van der Waals surface area contributed by atoms with Gasteiger partial charge in [-0.05, 0) is 19.3 Å². The summed E-state index contributed by atoms with van der Waals surface area (Å²) < 4.78 is 4.68. The highest BCUT2D eigenvalue weighted by Crippen LogP contribution is 2.38. The van der Waals surface area contributed by atoms with Crippen molar-refractivity contribution in [2.75, 3.05) is 0 Å². The first-order chi connectivity index (χ1) is 6.64. The molecule has 1 atom stereocenters. The van der Waals surface area contributed by atoms with Gasteiger partial charge < -0.3 is 4.74 Å². The number of esters is 2. The Morgan fingerprint density at radius 1 is 1.57 bits per heavy atom. The van der Waals surface area contributed by atoms with Gasteiger partial charge in [0.05, 0.1) is 5.41 Å². The van der Waals surface area contributed by atoms with Gasteiger partial charge in [0.1, 0.15) is 0 Å². The standard InChI is InChI=1S/C11H16O3/c1-3-6-11(7-4-2)8-5-9(12)14-10(11)13/h3H,1,4-8H2,2H3. The minimum Gasteiger partial charge on any atom is -0.393 e. The van der Waals surface area contributed by atoms with E-state index in [0.29, 0.717) is 19.3 Å². The minimum absolute atomic E-state index is 0.347. The third kappa shape index (κ3) is 2.03. The first-order valence-electron chi connectivity index (χ1n) is 5.00. The minimum atomic E-state index is -0.482. The third-order valence-corrected chi connectivity index (χ3v) is 2.71. The fourth-order valence-electron chi connectivity index (χ4n) is 1.98. The lowest BCUT2D eigenvalue weighted by Gasteiger charge is -2.32. The highest BCUT2D eigenvalue weighted by Gasteiger charge is 2.42. The summed E-state index contributed by atoms with van der Waals surface area (Å²) in [5, 5.41) is 0. The average Bonchev–Trinajstić information content (AvgIpc) is 2.13. The molecule has 1 heterocycles. The SMILES string of the molecule is C=CCC1(CCC)CCC(=O)OC1=O. The van der Waals surface area contributed by atoms with Crippen LogP contribution in [0.25, 0.3) is 0 Å². The highest BCUT2D eigenvalue weighted by molar-refractivity contribution is 5.91. The summed E-state index contributed by atoms with van der Waals surface area (Å²) >= 11 is 0. The van der Waals surface area contributed by atoms with E-state index in [-0.39, 0.29) is 5.97 Å². The van der Waals surface area contributed by atoms with Crippen LogP contribution in [0.15, 0.2) is 12.7 Å². The van der Waals surface area contributed by atoms with Crippen molar-refractivity contribution >= 4 is 11.9 Å². The lowest BCUT2D eigenvalue weighted by atomic mass is 9.75. The molecule has 14 heavy (non-hydrogen) atoms. The number of carbonyl (C=O) groups excluding carboxylic acids is 2. The Labute approximate surface area is 84.1 Å². The Morgan fingerprint density at radius 2 is 2.29 bits per heavy atom. The summed E-state index contributed by atoms with van der Waals surface area (Å²) in [5.41, 5.74) is -0.482. The van der Waals surface area contributed by atoms with Crippen LogP contribution in [-0.4, -0.2) is 11.9 Å². The van der Waals surface area contributed by atoms with Crippen LogP contribution in [0.2, 0.25) is 0 Å². The molecule has 1 fully saturated rings. The summed E-state index contributed by atoms with van der Waals surface area (Å²) in [5.74, 6) is -0.763. The van der Waals surface area contributed by atoms with E-state index in [4.69, 9.17) is 0 Å². The van der Waals surface area contributed by atoms with E-state index in [9.17, 15) is 9.59 Å². The van der Waals surface area contributed by atoms with Crippen LogP contribution in [0.1, 0.15) is 39.0 Å². The highest BCUT2D eigenvalue weighted by atomic mass is 16.6. The summed E-state index contributed by atoms with van der Waals surface area (Å²) in [4.78, 5) is 22.5. The van der Waals surface area contributed by atoms with Crippen molar-refractivity contribution in [3.63, 3.8) is 0 Å². The molecular formula is C11H16O3. The van der Waals surface area contributed by atoms with Crippen LogP contribution in [0.3, 0.4) is 0 Å². The van der Waals surface area contributed by atoms with E-state index in [0.717, 1.165) is 12.8 Å². The number of cyclic esters (lactones) is 2. The Morgan fingerprint density at radius 3 is 2.79 bits per heavy atom. The zero-order valence-corrected chi connectivity index (χ0v) is 8.54. The molecule has 3 nitrogen and oxygen atoms in total. The van der Waals surface area contributed by atoms with Gasteiger partial charge in [0, 0.05) is 6.42 Å². The number of rotatable bonds is 4. The predicted molar refractivity (Wildman–Crippen MR) is 52.5 cm³/mol. The van der Waals surface area contributed by atoms with Crippen molar-refractivity contribution in [1.82, 2.24) is 0 Å². The van der Waals surface area contributed by atoms with Crippen molar-refractivity contribution in [3.05, 3.63) is 12.7 Å². The maximum absolute atomic E-state index is 11.6. The van der Waals surface area contributed by atoms with Crippen LogP contribution in [0.4, 0.5) is 0 Å². The molecule has 1 aliphatic rings. The quantitative estimate of drug-likeness (QED) is 0.393. The number of hydrogen-bond acceptors (Lipinski definition) is 3. The normalized spacial score (nSPS) is 27.2. The first-order valence-corrected chi connectivity index (χ1v) is 5.00. The van der Waals surface area contributed by atoms with E-state index in [1.807, 2.05) is 6.92 Å². The molecule has 0 bridgehead atoms. The molecule has 0 saturated carbocycles. The van der Waals surface area contributed by atoms with Crippen LogP contribution < -0.4 is 0 Å². The molecule has 1 aliphatic heterocycles. The largest absolute Gasteiger partial charge is 0.393 e. The van der Waals surface area contributed by atoms with Gasteiger partial charge in [-0.3, -0.25) is 9.59 Å². The van der Waals surface area contributed by atoms with Crippen molar-refractivity contribution in [2.45, 2.75) is 39.0 Å². The number of allylic oxidation sites excluding steroid dienone is 1. The predicted octanol–water partition coefficient (Wildman–Crippen LogP) is 2.21. The van der Waals surface area contributed by atoms with Gasteiger partial charge in [0.2, 0.25) is 0 Å².